The van der Waals surface area contributed by atoms with Crippen LogP contribution in [-0.4, -0.2) is 68.5 Å². The van der Waals surface area contributed by atoms with E-state index in [2.05, 4.69) is 6.92 Å². The highest BCUT2D eigenvalue weighted by atomic mass is 16.7. The Hall–Kier alpha value is -1.32. The molecule has 0 aromatic heterocycles. The van der Waals surface area contributed by atoms with Crippen LogP contribution < -0.4 is 0 Å². The average Bonchev–Trinajstić information content (AvgIpc) is 3.55. The van der Waals surface area contributed by atoms with Crippen LogP contribution >= 0.6 is 0 Å². The molecule has 0 spiro atoms. The molecular formula is C35H62O8. The Morgan fingerprint density at radius 3 is 1.77 bits per heavy atom. The van der Waals surface area contributed by atoms with E-state index in [0.29, 0.717) is 31.3 Å². The molecule has 0 amide bonds. The minimum Gasteiger partial charge on any atom is -0.426 e. The first-order chi connectivity index (χ1) is 20.6. The Labute approximate surface area is 260 Å². The first-order valence-corrected chi connectivity index (χ1v) is 17.5. The second-order valence-corrected chi connectivity index (χ2v) is 13.3. The van der Waals surface area contributed by atoms with E-state index in [9.17, 15) is 30.0 Å². The fraction of sp³-hybridized carbons (Fsp3) is 0.886. The molecule has 0 unspecified atom stereocenters. The third-order valence-corrected chi connectivity index (χ3v) is 8.95. The van der Waals surface area contributed by atoms with E-state index in [-0.39, 0.29) is 24.4 Å². The number of hydrogen-bond acceptors (Lipinski definition) is 8. The summed E-state index contributed by atoms with van der Waals surface area (Å²) < 4.78 is 10.8. The van der Waals surface area contributed by atoms with Gasteiger partial charge in [-0.15, -0.1) is 0 Å². The van der Waals surface area contributed by atoms with E-state index in [1.54, 1.807) is 0 Å². The van der Waals surface area contributed by atoms with Crippen molar-refractivity contribution in [2.45, 2.75) is 198 Å². The standard InChI is InChI=1S/C35H62O8/c1-3-4-5-6-7-8-9-16-21-30(38)32-23-24-33(42-32)31(39)22-17-11-10-13-18-28(36)19-14-12-15-20-29(37)25-27-26-35(2,41)43-34(27)40/h26,29-33,37-39,41H,3-25H2,1-2H3/t29-,30-,31+,32+,33-,35+/m0/s1. The van der Waals surface area contributed by atoms with E-state index < -0.39 is 30.1 Å². The summed E-state index contributed by atoms with van der Waals surface area (Å²) in [6.07, 6.45) is 20.6. The highest BCUT2D eigenvalue weighted by Crippen LogP contribution is 2.29. The van der Waals surface area contributed by atoms with Crippen molar-refractivity contribution in [3.8, 4) is 0 Å². The summed E-state index contributed by atoms with van der Waals surface area (Å²) in [5.41, 5.74) is 0.308. The molecular weight excluding hydrogens is 548 g/mol. The van der Waals surface area contributed by atoms with Crippen molar-refractivity contribution in [2.24, 2.45) is 0 Å². The molecule has 4 N–H and O–H groups in total. The van der Waals surface area contributed by atoms with E-state index in [1.165, 1.54) is 57.9 Å². The quantitative estimate of drug-likeness (QED) is 0.0637. The summed E-state index contributed by atoms with van der Waals surface area (Å²) in [5, 5.41) is 41.0. The maximum absolute atomic E-state index is 12.2. The van der Waals surface area contributed by atoms with Crippen molar-refractivity contribution in [3.05, 3.63) is 11.6 Å². The van der Waals surface area contributed by atoms with Gasteiger partial charge in [0.2, 0.25) is 5.79 Å². The molecule has 0 aromatic rings. The SMILES string of the molecule is CCCCCCCCCC[C@H](O)[C@H]1CC[C@@H]([C@H](O)CCCCCCC(=O)CCCCC[C@H](O)CC2=C[C@](C)(O)OC2=O)O1. The molecule has 43 heavy (non-hydrogen) atoms. The van der Waals surface area contributed by atoms with E-state index in [4.69, 9.17) is 9.47 Å². The molecule has 2 aliphatic rings. The number of esters is 1. The number of ketones is 1. The van der Waals surface area contributed by atoms with Crippen molar-refractivity contribution in [3.63, 3.8) is 0 Å². The predicted octanol–water partition coefficient (Wildman–Crippen LogP) is 6.59. The lowest BCUT2D eigenvalue weighted by molar-refractivity contribution is -0.173. The van der Waals surface area contributed by atoms with Gasteiger partial charge < -0.3 is 29.9 Å². The number of carbonyl (C=O) groups is 2. The van der Waals surface area contributed by atoms with Gasteiger partial charge in [-0.2, -0.15) is 0 Å². The zero-order valence-electron chi connectivity index (χ0n) is 27.1. The summed E-state index contributed by atoms with van der Waals surface area (Å²) in [6, 6.07) is 0. The molecule has 0 radical (unpaired) electrons. The van der Waals surface area contributed by atoms with Crippen LogP contribution in [0.15, 0.2) is 11.6 Å². The summed E-state index contributed by atoms with van der Waals surface area (Å²) in [6.45, 7) is 3.62. The van der Waals surface area contributed by atoms with Crippen LogP contribution in [0.25, 0.3) is 0 Å². The van der Waals surface area contributed by atoms with Gasteiger partial charge in [-0.3, -0.25) is 4.79 Å². The van der Waals surface area contributed by atoms with E-state index >= 15 is 0 Å². The Kier molecular flexibility index (Phi) is 18.9. The first kappa shape index (κ1) is 37.9. The van der Waals surface area contributed by atoms with Crippen LogP contribution in [0.4, 0.5) is 0 Å². The zero-order chi connectivity index (χ0) is 31.5. The van der Waals surface area contributed by atoms with Crippen molar-refractivity contribution in [2.75, 3.05) is 0 Å². The lowest BCUT2D eigenvalue weighted by Crippen LogP contribution is -2.31. The van der Waals surface area contributed by atoms with Gasteiger partial charge in [-0.05, 0) is 51.0 Å². The molecule has 6 atom stereocenters. The molecule has 0 saturated carbocycles. The van der Waals surface area contributed by atoms with Crippen LogP contribution in [0.5, 0.6) is 0 Å². The number of cyclic esters (lactones) is 1. The fourth-order valence-corrected chi connectivity index (χ4v) is 6.31. The van der Waals surface area contributed by atoms with Gasteiger partial charge in [0.15, 0.2) is 0 Å². The van der Waals surface area contributed by atoms with Crippen molar-refractivity contribution in [1.82, 2.24) is 0 Å². The van der Waals surface area contributed by atoms with Gasteiger partial charge in [-0.1, -0.05) is 90.4 Å². The van der Waals surface area contributed by atoms with E-state index in [0.717, 1.165) is 70.6 Å². The van der Waals surface area contributed by atoms with Crippen LogP contribution in [0, 0.1) is 0 Å². The van der Waals surface area contributed by atoms with Gasteiger partial charge in [0, 0.05) is 31.8 Å². The number of carbonyl (C=O) groups excluding carboxylic acids is 2. The molecule has 0 aromatic carbocycles. The highest BCUT2D eigenvalue weighted by molar-refractivity contribution is 5.91. The minimum atomic E-state index is -1.58. The van der Waals surface area contributed by atoms with Crippen LogP contribution in [0.2, 0.25) is 0 Å². The van der Waals surface area contributed by atoms with Crippen molar-refractivity contribution >= 4 is 11.8 Å². The number of unbranched alkanes of at least 4 members (excludes halogenated alkanes) is 12. The molecule has 8 heteroatoms. The monoisotopic (exact) mass is 610 g/mol. The van der Waals surface area contributed by atoms with Crippen LogP contribution in [-0.2, 0) is 19.1 Å². The molecule has 2 heterocycles. The predicted molar refractivity (Wildman–Crippen MR) is 168 cm³/mol. The molecule has 2 rings (SSSR count). The Balaban J connectivity index is 1.40. The number of hydrogen-bond donors (Lipinski definition) is 4. The van der Waals surface area contributed by atoms with Crippen molar-refractivity contribution < 1.29 is 39.5 Å². The molecule has 0 aliphatic carbocycles. The summed E-state index contributed by atoms with van der Waals surface area (Å²) in [5.74, 6) is -1.89. The lowest BCUT2D eigenvalue weighted by atomic mass is 9.99. The summed E-state index contributed by atoms with van der Waals surface area (Å²) >= 11 is 0. The van der Waals surface area contributed by atoms with Gasteiger partial charge in [0.1, 0.15) is 5.78 Å². The molecule has 2 aliphatic heterocycles. The lowest BCUT2D eigenvalue weighted by Gasteiger charge is -2.22. The van der Waals surface area contributed by atoms with Crippen LogP contribution in [0.1, 0.15) is 162 Å². The van der Waals surface area contributed by atoms with Gasteiger partial charge in [0.25, 0.3) is 0 Å². The maximum atomic E-state index is 12.2. The Morgan fingerprint density at radius 1 is 0.791 bits per heavy atom. The van der Waals surface area contributed by atoms with E-state index in [1.807, 2.05) is 0 Å². The number of aliphatic hydroxyl groups is 4. The third-order valence-electron chi connectivity index (χ3n) is 8.95. The van der Waals surface area contributed by atoms with Gasteiger partial charge in [0.05, 0.1) is 30.5 Å². The van der Waals surface area contributed by atoms with Gasteiger partial charge in [-0.25, -0.2) is 4.79 Å². The third kappa shape index (κ3) is 16.5. The summed E-state index contributed by atoms with van der Waals surface area (Å²) in [4.78, 5) is 23.9. The molecule has 0 bridgehead atoms. The highest BCUT2D eigenvalue weighted by Gasteiger charge is 2.35. The maximum Gasteiger partial charge on any atom is 0.336 e. The minimum absolute atomic E-state index is 0.144. The number of aliphatic hydroxyl groups excluding tert-OH is 3. The number of rotatable bonds is 26. The second kappa shape index (κ2) is 21.4. The first-order valence-electron chi connectivity index (χ1n) is 17.5. The Morgan fingerprint density at radius 2 is 1.26 bits per heavy atom. The molecule has 250 valence electrons. The van der Waals surface area contributed by atoms with Crippen molar-refractivity contribution in [1.29, 1.82) is 0 Å². The molecule has 8 nitrogen and oxygen atoms in total. The average molecular weight is 611 g/mol. The number of ether oxygens (including phenoxy) is 2. The number of Topliss-reactive ketones (excluding diaryl/α,β-unsaturated/α-hetero) is 1. The molecule has 1 fully saturated rings. The molecule has 1 saturated heterocycles. The fourth-order valence-electron chi connectivity index (χ4n) is 6.31. The second-order valence-electron chi connectivity index (χ2n) is 13.3. The Bertz CT molecular complexity index is 810. The van der Waals surface area contributed by atoms with Crippen LogP contribution in [0.3, 0.4) is 0 Å². The summed E-state index contributed by atoms with van der Waals surface area (Å²) in [7, 11) is 0. The zero-order valence-corrected chi connectivity index (χ0v) is 27.1. The van der Waals surface area contributed by atoms with Gasteiger partial charge >= 0.3 is 5.97 Å². The topological polar surface area (TPSA) is 134 Å². The normalized spacial score (nSPS) is 24.1. The smallest absolute Gasteiger partial charge is 0.336 e. The largest absolute Gasteiger partial charge is 0.426 e.